The van der Waals surface area contributed by atoms with Gasteiger partial charge in [0.05, 0.1) is 0 Å². The Morgan fingerprint density at radius 2 is 2.00 bits per heavy atom. The van der Waals surface area contributed by atoms with Crippen molar-refractivity contribution in [2.24, 2.45) is 0 Å². The molecule has 1 saturated heterocycles. The molecule has 26 heavy (non-hydrogen) atoms. The lowest BCUT2D eigenvalue weighted by atomic mass is 10.0. The largest absolute Gasteiger partial charge is 0.360 e. The van der Waals surface area contributed by atoms with Crippen molar-refractivity contribution in [2.75, 3.05) is 31.5 Å². The van der Waals surface area contributed by atoms with Crippen LogP contribution in [0.4, 0.5) is 5.82 Å². The van der Waals surface area contributed by atoms with E-state index in [0.717, 1.165) is 44.2 Å². The molecule has 1 atom stereocenters. The van der Waals surface area contributed by atoms with Crippen molar-refractivity contribution in [3.05, 3.63) is 47.7 Å². The number of anilines is 1. The molecule has 1 aromatic heterocycles. The number of amides is 1. The van der Waals surface area contributed by atoms with Gasteiger partial charge in [0.15, 0.2) is 5.82 Å². The van der Waals surface area contributed by atoms with Crippen LogP contribution in [0.3, 0.4) is 0 Å². The Bertz CT molecular complexity index is 741. The minimum atomic E-state index is -0.313. The lowest BCUT2D eigenvalue weighted by molar-refractivity contribution is -0.121. The summed E-state index contributed by atoms with van der Waals surface area (Å²) in [7, 11) is 0. The molecule has 4 rings (SSSR count). The Morgan fingerprint density at radius 3 is 2.69 bits per heavy atom. The number of carbonyl (C=O) groups excluding carboxylic acids is 1. The third-order valence-electron chi connectivity index (χ3n) is 5.24. The summed E-state index contributed by atoms with van der Waals surface area (Å²) in [6.45, 7) is 5.81. The van der Waals surface area contributed by atoms with Crippen molar-refractivity contribution >= 4 is 11.7 Å². The van der Waals surface area contributed by atoms with Crippen molar-refractivity contribution in [3.8, 4) is 0 Å². The van der Waals surface area contributed by atoms with Gasteiger partial charge in [-0.05, 0) is 38.3 Å². The van der Waals surface area contributed by atoms with Crippen LogP contribution in [0.1, 0.15) is 36.6 Å². The molecule has 1 N–H and O–H groups in total. The zero-order valence-corrected chi connectivity index (χ0v) is 15.2. The van der Waals surface area contributed by atoms with Crippen LogP contribution in [0.2, 0.25) is 0 Å². The van der Waals surface area contributed by atoms with Gasteiger partial charge in [-0.3, -0.25) is 14.6 Å². The lowest BCUT2D eigenvalue weighted by Crippen LogP contribution is -2.40. The molecule has 2 heterocycles. The van der Waals surface area contributed by atoms with Crippen LogP contribution in [0.25, 0.3) is 0 Å². The van der Waals surface area contributed by atoms with Gasteiger partial charge in [0.1, 0.15) is 11.8 Å². The molecular weight excluding hydrogens is 328 g/mol. The normalized spacial score (nSPS) is 20.5. The van der Waals surface area contributed by atoms with Crippen molar-refractivity contribution in [1.29, 1.82) is 0 Å². The smallest absolute Gasteiger partial charge is 0.247 e. The summed E-state index contributed by atoms with van der Waals surface area (Å²) in [5.41, 5.74) is 1.02. The summed E-state index contributed by atoms with van der Waals surface area (Å²) in [4.78, 5) is 18.0. The van der Waals surface area contributed by atoms with Crippen molar-refractivity contribution in [2.45, 2.75) is 38.3 Å². The summed E-state index contributed by atoms with van der Waals surface area (Å²) in [5, 5.41) is 6.83. The number of benzene rings is 1. The summed E-state index contributed by atoms with van der Waals surface area (Å²) < 4.78 is 5.08. The number of rotatable bonds is 5. The topological polar surface area (TPSA) is 61.6 Å². The maximum Gasteiger partial charge on any atom is 0.247 e. The molecule has 6 heteroatoms. The molecule has 1 unspecified atom stereocenters. The van der Waals surface area contributed by atoms with Crippen LogP contribution in [0.15, 0.2) is 40.9 Å². The third-order valence-corrected chi connectivity index (χ3v) is 5.24. The highest BCUT2D eigenvalue weighted by molar-refractivity contribution is 5.94. The number of carbonyl (C=O) groups is 1. The molecule has 2 aliphatic rings. The number of aryl methyl sites for hydroxylation is 1. The van der Waals surface area contributed by atoms with Crippen LogP contribution >= 0.6 is 0 Å². The summed E-state index contributed by atoms with van der Waals surface area (Å²) in [6, 6.07) is 12.2. The first kappa shape index (κ1) is 17.2. The van der Waals surface area contributed by atoms with Gasteiger partial charge in [-0.25, -0.2) is 0 Å². The molecule has 1 amide bonds. The predicted molar refractivity (Wildman–Crippen MR) is 99.8 cm³/mol. The van der Waals surface area contributed by atoms with E-state index < -0.39 is 0 Å². The third kappa shape index (κ3) is 3.97. The second-order valence-corrected chi connectivity index (χ2v) is 7.28. The zero-order chi connectivity index (χ0) is 17.9. The van der Waals surface area contributed by atoms with E-state index in [4.69, 9.17) is 4.52 Å². The zero-order valence-electron chi connectivity index (χ0n) is 15.2. The van der Waals surface area contributed by atoms with Gasteiger partial charge >= 0.3 is 0 Å². The molecule has 6 nitrogen and oxygen atoms in total. The first-order chi connectivity index (χ1) is 12.7. The van der Waals surface area contributed by atoms with Crippen LogP contribution in [0.5, 0.6) is 0 Å². The fourth-order valence-corrected chi connectivity index (χ4v) is 3.80. The minimum Gasteiger partial charge on any atom is -0.360 e. The Kier molecular flexibility index (Phi) is 5.04. The summed E-state index contributed by atoms with van der Waals surface area (Å²) in [6.07, 6.45) is 3.75. The van der Waals surface area contributed by atoms with Crippen molar-refractivity contribution in [3.63, 3.8) is 0 Å². The Labute approximate surface area is 154 Å². The quantitative estimate of drug-likeness (QED) is 0.895. The number of hydrogen-bond donors (Lipinski definition) is 1. The van der Waals surface area contributed by atoms with E-state index in [0.29, 0.717) is 11.6 Å². The maximum absolute atomic E-state index is 13.1. The van der Waals surface area contributed by atoms with Gasteiger partial charge in [-0.15, -0.1) is 0 Å². The highest BCUT2D eigenvalue weighted by Gasteiger charge is 2.33. The van der Waals surface area contributed by atoms with Gasteiger partial charge < -0.3 is 9.84 Å². The monoisotopic (exact) mass is 354 g/mol. The lowest BCUT2D eigenvalue weighted by Gasteiger charge is -2.30. The standard InChI is InChI=1S/C20H26N4O2/c1-15-14-18(22-26-15)21-20(25)19(16-6-3-2-4-7-16)24-11-5-10-23(12-13-24)17-8-9-17/h2-4,6-7,14,17,19H,5,8-13H2,1H3,(H,21,22,25). The van der Waals surface area contributed by atoms with Gasteiger partial charge in [-0.1, -0.05) is 35.5 Å². The Hall–Kier alpha value is -2.18. The van der Waals surface area contributed by atoms with Crippen LogP contribution in [-0.4, -0.2) is 53.1 Å². The van der Waals surface area contributed by atoms with E-state index >= 15 is 0 Å². The van der Waals surface area contributed by atoms with E-state index in [1.807, 2.05) is 37.3 Å². The van der Waals surface area contributed by atoms with Crippen LogP contribution < -0.4 is 5.32 Å². The molecule has 1 aliphatic heterocycles. The SMILES string of the molecule is Cc1cc(NC(=O)C(c2ccccc2)N2CCCN(C3CC3)CC2)no1. The molecule has 138 valence electrons. The van der Waals surface area contributed by atoms with Gasteiger partial charge in [0.25, 0.3) is 0 Å². The molecule has 0 spiro atoms. The van der Waals surface area contributed by atoms with Gasteiger partial charge in [0.2, 0.25) is 5.91 Å². The summed E-state index contributed by atoms with van der Waals surface area (Å²) in [5.74, 6) is 1.11. The molecule has 1 saturated carbocycles. The molecule has 0 radical (unpaired) electrons. The maximum atomic E-state index is 13.1. The second kappa shape index (κ2) is 7.60. The molecule has 1 aromatic carbocycles. The Balaban J connectivity index is 1.53. The number of aromatic nitrogens is 1. The van der Waals surface area contributed by atoms with E-state index in [1.165, 1.54) is 12.8 Å². The number of nitrogens with zero attached hydrogens (tertiary/aromatic N) is 3. The highest BCUT2D eigenvalue weighted by Crippen LogP contribution is 2.29. The van der Waals surface area contributed by atoms with E-state index in [2.05, 4.69) is 20.3 Å². The first-order valence-electron chi connectivity index (χ1n) is 9.48. The number of hydrogen-bond acceptors (Lipinski definition) is 5. The molecule has 2 aromatic rings. The second-order valence-electron chi connectivity index (χ2n) is 7.28. The van der Waals surface area contributed by atoms with Crippen LogP contribution in [-0.2, 0) is 4.79 Å². The predicted octanol–water partition coefficient (Wildman–Crippen LogP) is 2.83. The fourth-order valence-electron chi connectivity index (χ4n) is 3.80. The summed E-state index contributed by atoms with van der Waals surface area (Å²) >= 11 is 0. The van der Waals surface area contributed by atoms with Crippen molar-refractivity contribution in [1.82, 2.24) is 15.0 Å². The molecule has 1 aliphatic carbocycles. The Morgan fingerprint density at radius 1 is 1.19 bits per heavy atom. The average Bonchev–Trinajstić information content (AvgIpc) is 3.43. The average molecular weight is 354 g/mol. The van der Waals surface area contributed by atoms with Crippen LogP contribution in [0, 0.1) is 6.92 Å². The van der Waals surface area contributed by atoms with E-state index in [9.17, 15) is 4.79 Å². The molecule has 2 fully saturated rings. The van der Waals surface area contributed by atoms with E-state index in [-0.39, 0.29) is 11.9 Å². The fraction of sp³-hybridized carbons (Fsp3) is 0.500. The van der Waals surface area contributed by atoms with E-state index in [1.54, 1.807) is 6.07 Å². The van der Waals surface area contributed by atoms with Crippen molar-refractivity contribution < 1.29 is 9.32 Å². The molecular formula is C20H26N4O2. The van der Waals surface area contributed by atoms with Gasteiger partial charge in [0, 0.05) is 31.7 Å². The first-order valence-corrected chi connectivity index (χ1v) is 9.48. The number of nitrogens with one attached hydrogen (secondary N) is 1. The van der Waals surface area contributed by atoms with Gasteiger partial charge in [-0.2, -0.15) is 0 Å². The highest BCUT2D eigenvalue weighted by atomic mass is 16.5. The minimum absolute atomic E-state index is 0.0515. The molecule has 0 bridgehead atoms.